The highest BCUT2D eigenvalue weighted by Crippen LogP contribution is 2.23. The second-order valence-electron chi connectivity index (χ2n) is 9.79. The third kappa shape index (κ3) is 10.9. The Labute approximate surface area is 233 Å². The van der Waals surface area contributed by atoms with Crippen LogP contribution in [0.2, 0.25) is 0 Å². The summed E-state index contributed by atoms with van der Waals surface area (Å²) in [7, 11) is 0. The summed E-state index contributed by atoms with van der Waals surface area (Å²) in [6.45, 7) is 12.6. The number of ether oxygens (including phenoxy) is 2. The van der Waals surface area contributed by atoms with Gasteiger partial charge in [0.25, 0.3) is 0 Å². The van der Waals surface area contributed by atoms with Gasteiger partial charge in [0.15, 0.2) is 0 Å². The summed E-state index contributed by atoms with van der Waals surface area (Å²) < 4.78 is 10.4. The summed E-state index contributed by atoms with van der Waals surface area (Å²) in [6.07, 6.45) is 3.13. The van der Waals surface area contributed by atoms with Crippen LogP contribution < -0.4 is 10.6 Å². The minimum atomic E-state index is -0.920. The van der Waals surface area contributed by atoms with Crippen LogP contribution in [0.25, 0.3) is 0 Å². The van der Waals surface area contributed by atoms with Crippen LogP contribution in [-0.2, 0) is 20.7 Å². The number of morpholine rings is 1. The Morgan fingerprint density at radius 2 is 1.74 bits per heavy atom. The fourth-order valence-electron chi connectivity index (χ4n) is 4.38. The van der Waals surface area contributed by atoms with Gasteiger partial charge in [-0.2, -0.15) is 5.26 Å². The number of rotatable bonds is 8. The molecule has 0 saturated carbocycles. The molecule has 2 heterocycles. The van der Waals surface area contributed by atoms with Crippen molar-refractivity contribution in [2.75, 3.05) is 52.5 Å². The number of amides is 2. The van der Waals surface area contributed by atoms with Crippen molar-refractivity contribution in [3.63, 3.8) is 0 Å². The van der Waals surface area contributed by atoms with Crippen molar-refractivity contribution < 1.29 is 19.1 Å². The topological polar surface area (TPSA) is 119 Å². The Bertz CT molecular complexity index is 935. The number of carbonyl (C=O) groups is 2. The van der Waals surface area contributed by atoms with E-state index in [-0.39, 0.29) is 12.5 Å². The Morgan fingerprint density at radius 1 is 1.10 bits per heavy atom. The molecule has 39 heavy (non-hydrogen) atoms. The van der Waals surface area contributed by atoms with Gasteiger partial charge in [-0.25, -0.2) is 9.79 Å². The van der Waals surface area contributed by atoms with Crippen LogP contribution in [0.3, 0.4) is 0 Å². The van der Waals surface area contributed by atoms with Crippen molar-refractivity contribution in [2.45, 2.75) is 71.4 Å². The first-order valence-corrected chi connectivity index (χ1v) is 14.2. The van der Waals surface area contributed by atoms with Gasteiger partial charge in [0.1, 0.15) is 11.6 Å². The number of nitrogens with one attached hydrogen (secondary N) is 2. The third-order valence-electron chi connectivity index (χ3n) is 6.61. The number of nitriles is 1. The lowest BCUT2D eigenvalue weighted by Gasteiger charge is -2.38. The van der Waals surface area contributed by atoms with Gasteiger partial charge in [-0.1, -0.05) is 57.5 Å². The van der Waals surface area contributed by atoms with Crippen LogP contribution in [-0.4, -0.2) is 91.9 Å². The normalized spacial score (nSPS) is 18.1. The van der Waals surface area contributed by atoms with Crippen molar-refractivity contribution in [3.05, 3.63) is 35.9 Å². The molecule has 1 unspecified atom stereocenters. The van der Waals surface area contributed by atoms with Crippen LogP contribution in [0.4, 0.5) is 4.79 Å². The zero-order valence-electron chi connectivity index (χ0n) is 24.1. The van der Waals surface area contributed by atoms with Crippen molar-refractivity contribution in [2.24, 2.45) is 4.99 Å². The first kappa shape index (κ1) is 32.1. The quantitative estimate of drug-likeness (QED) is 0.382. The smallest absolute Gasteiger partial charge is 0.413 e. The highest BCUT2D eigenvalue weighted by Gasteiger charge is 2.37. The summed E-state index contributed by atoms with van der Waals surface area (Å²) in [5.41, 5.74) is 0.371. The lowest BCUT2D eigenvalue weighted by atomic mass is 9.88. The van der Waals surface area contributed by atoms with E-state index in [1.165, 1.54) is 12.0 Å². The maximum atomic E-state index is 13.3. The maximum absolute atomic E-state index is 13.3. The number of benzene rings is 1. The zero-order chi connectivity index (χ0) is 28.5. The minimum absolute atomic E-state index is 0.229. The standard InChI is InChI=1S/C26H38N6O4.C3H8/c1-3-22(28-24(29-25(34)36-4-2)32-16-18-35-19-17-32)23(33)30-26(20-27)11-14-31(15-12-26)13-10-21-8-6-5-7-9-21;1-3-2/h5-9,22H,3-4,10-19H2,1-2H3,(H,30,33)(H,28,29,34);3H2,1-2H3. The van der Waals surface area contributed by atoms with Gasteiger partial charge in [0, 0.05) is 32.7 Å². The Hall–Kier alpha value is -3.16. The van der Waals surface area contributed by atoms with Crippen molar-refractivity contribution in [1.29, 1.82) is 5.26 Å². The molecule has 216 valence electrons. The molecule has 1 atom stereocenters. The zero-order valence-corrected chi connectivity index (χ0v) is 24.1. The minimum Gasteiger partial charge on any atom is -0.450 e. The predicted molar refractivity (Wildman–Crippen MR) is 152 cm³/mol. The predicted octanol–water partition coefficient (Wildman–Crippen LogP) is 3.33. The van der Waals surface area contributed by atoms with E-state index in [0.29, 0.717) is 51.5 Å². The van der Waals surface area contributed by atoms with E-state index in [0.717, 1.165) is 26.1 Å². The van der Waals surface area contributed by atoms with E-state index in [1.807, 2.05) is 30.0 Å². The highest BCUT2D eigenvalue weighted by molar-refractivity contribution is 5.96. The highest BCUT2D eigenvalue weighted by atomic mass is 16.5. The number of likely N-dealkylation sites (tertiary alicyclic amines) is 1. The Balaban J connectivity index is 0.00000170. The number of hydrogen-bond donors (Lipinski definition) is 2. The monoisotopic (exact) mass is 542 g/mol. The lowest BCUT2D eigenvalue weighted by molar-refractivity contribution is -0.124. The Kier molecular flexibility index (Phi) is 14.3. The van der Waals surface area contributed by atoms with Crippen LogP contribution in [0, 0.1) is 11.3 Å². The van der Waals surface area contributed by atoms with Crippen LogP contribution in [0.1, 0.15) is 58.9 Å². The molecule has 0 bridgehead atoms. The molecule has 2 amide bonds. The number of piperidine rings is 1. The fraction of sp³-hybridized carbons (Fsp3) is 0.655. The van der Waals surface area contributed by atoms with E-state index in [9.17, 15) is 14.9 Å². The average Bonchev–Trinajstić information content (AvgIpc) is 2.96. The summed E-state index contributed by atoms with van der Waals surface area (Å²) in [4.78, 5) is 34.2. The molecule has 2 N–H and O–H groups in total. The van der Waals surface area contributed by atoms with Crippen molar-refractivity contribution >= 4 is 18.0 Å². The van der Waals surface area contributed by atoms with Crippen molar-refractivity contribution in [1.82, 2.24) is 20.4 Å². The first-order valence-electron chi connectivity index (χ1n) is 14.2. The molecule has 0 spiro atoms. The molecule has 1 aromatic rings. The molecule has 0 aromatic heterocycles. The molecular weight excluding hydrogens is 496 g/mol. The SMILES string of the molecule is CCC.CCOC(=O)NC(=NC(CC)C(=O)NC1(C#N)CCN(CCc2ccccc2)CC1)N1CCOCC1. The summed E-state index contributed by atoms with van der Waals surface area (Å²) in [5, 5.41) is 15.7. The van der Waals surface area contributed by atoms with E-state index in [2.05, 4.69) is 52.6 Å². The summed E-state index contributed by atoms with van der Waals surface area (Å²) in [5.74, 6) is -0.0197. The van der Waals surface area contributed by atoms with Gasteiger partial charge in [-0.15, -0.1) is 0 Å². The number of aliphatic imine (C=N–C) groups is 1. The van der Waals surface area contributed by atoms with E-state index >= 15 is 0 Å². The number of nitrogens with zero attached hydrogens (tertiary/aromatic N) is 4. The third-order valence-corrected chi connectivity index (χ3v) is 6.61. The molecule has 2 fully saturated rings. The molecule has 1 aromatic carbocycles. The number of guanidine groups is 1. The second kappa shape index (κ2) is 17.4. The molecule has 0 radical (unpaired) electrons. The van der Waals surface area contributed by atoms with Gasteiger partial charge >= 0.3 is 6.09 Å². The number of alkyl carbamates (subject to hydrolysis) is 1. The van der Waals surface area contributed by atoms with Crippen LogP contribution in [0.5, 0.6) is 0 Å². The summed E-state index contributed by atoms with van der Waals surface area (Å²) in [6, 6.07) is 12.0. The van der Waals surface area contributed by atoms with Gasteiger partial charge in [0.05, 0.1) is 25.9 Å². The van der Waals surface area contributed by atoms with Crippen LogP contribution >= 0.6 is 0 Å². The molecule has 10 heteroatoms. The number of hydrogen-bond acceptors (Lipinski definition) is 7. The molecule has 2 aliphatic heterocycles. The summed E-state index contributed by atoms with van der Waals surface area (Å²) >= 11 is 0. The maximum Gasteiger partial charge on any atom is 0.413 e. The average molecular weight is 543 g/mol. The first-order chi connectivity index (χ1) is 18.9. The molecule has 10 nitrogen and oxygen atoms in total. The van der Waals surface area contributed by atoms with Gasteiger partial charge in [-0.05, 0) is 38.2 Å². The van der Waals surface area contributed by atoms with Gasteiger partial charge < -0.3 is 24.6 Å². The van der Waals surface area contributed by atoms with E-state index in [1.54, 1.807) is 6.92 Å². The second-order valence-corrected chi connectivity index (χ2v) is 9.79. The largest absolute Gasteiger partial charge is 0.450 e. The lowest BCUT2D eigenvalue weighted by Crippen LogP contribution is -2.57. The molecule has 3 rings (SSSR count). The van der Waals surface area contributed by atoms with Crippen LogP contribution in [0.15, 0.2) is 35.3 Å². The molecular formula is C29H46N6O4. The van der Waals surface area contributed by atoms with E-state index < -0.39 is 17.7 Å². The fourth-order valence-corrected chi connectivity index (χ4v) is 4.38. The number of carbonyl (C=O) groups excluding carboxylic acids is 2. The Morgan fingerprint density at radius 3 is 2.31 bits per heavy atom. The van der Waals surface area contributed by atoms with Gasteiger partial charge in [-0.3, -0.25) is 10.1 Å². The molecule has 2 aliphatic rings. The molecule has 2 saturated heterocycles. The van der Waals surface area contributed by atoms with Gasteiger partial charge in [0.2, 0.25) is 11.9 Å². The molecule has 0 aliphatic carbocycles. The van der Waals surface area contributed by atoms with E-state index in [4.69, 9.17) is 9.47 Å². The van der Waals surface area contributed by atoms with Crippen molar-refractivity contribution in [3.8, 4) is 6.07 Å².